The first-order chi connectivity index (χ1) is 9.56. The molecule has 1 amide bonds. The Bertz CT molecular complexity index is 517. The SMILES string of the molecule is CCCCN(C)/C=C(/C#N)C(=O)Nc1ccc(Cl)cc1. The van der Waals surface area contributed by atoms with Gasteiger partial charge in [0.05, 0.1) is 0 Å². The van der Waals surface area contributed by atoms with Crippen molar-refractivity contribution in [2.24, 2.45) is 0 Å². The van der Waals surface area contributed by atoms with E-state index in [2.05, 4.69) is 12.2 Å². The van der Waals surface area contributed by atoms with Crippen molar-refractivity contribution in [3.63, 3.8) is 0 Å². The molecule has 1 aromatic carbocycles. The van der Waals surface area contributed by atoms with Crippen molar-refractivity contribution in [3.8, 4) is 6.07 Å². The molecule has 0 fully saturated rings. The average molecular weight is 292 g/mol. The third kappa shape index (κ3) is 5.33. The number of carbonyl (C=O) groups is 1. The normalized spacial score (nSPS) is 10.8. The number of halogens is 1. The quantitative estimate of drug-likeness (QED) is 0.645. The molecule has 0 aliphatic heterocycles. The van der Waals surface area contributed by atoms with Crippen LogP contribution in [-0.2, 0) is 4.79 Å². The largest absolute Gasteiger partial charge is 0.379 e. The van der Waals surface area contributed by atoms with Crippen LogP contribution in [0.25, 0.3) is 0 Å². The second-order valence-electron chi connectivity index (χ2n) is 4.45. The number of nitrogens with one attached hydrogen (secondary N) is 1. The molecule has 0 saturated heterocycles. The zero-order valence-electron chi connectivity index (χ0n) is 11.7. The minimum atomic E-state index is -0.418. The van der Waals surface area contributed by atoms with E-state index >= 15 is 0 Å². The van der Waals surface area contributed by atoms with E-state index in [0.29, 0.717) is 10.7 Å². The van der Waals surface area contributed by atoms with E-state index in [1.165, 1.54) is 0 Å². The van der Waals surface area contributed by atoms with Gasteiger partial charge in [0.15, 0.2) is 0 Å². The number of nitriles is 1. The van der Waals surface area contributed by atoms with E-state index < -0.39 is 5.91 Å². The lowest BCUT2D eigenvalue weighted by molar-refractivity contribution is -0.112. The highest BCUT2D eigenvalue weighted by atomic mass is 35.5. The van der Waals surface area contributed by atoms with Crippen molar-refractivity contribution in [2.45, 2.75) is 19.8 Å². The smallest absolute Gasteiger partial charge is 0.267 e. The Balaban J connectivity index is 2.70. The van der Waals surface area contributed by atoms with Gasteiger partial charge in [-0.2, -0.15) is 5.26 Å². The van der Waals surface area contributed by atoms with Gasteiger partial charge in [0.25, 0.3) is 5.91 Å². The fourth-order valence-electron chi connectivity index (χ4n) is 1.56. The number of unbranched alkanes of at least 4 members (excludes halogenated alkanes) is 1. The number of rotatable bonds is 6. The Morgan fingerprint density at radius 1 is 1.45 bits per heavy atom. The molecule has 106 valence electrons. The Kier molecular flexibility index (Phi) is 6.61. The lowest BCUT2D eigenvalue weighted by Crippen LogP contribution is -2.19. The number of carbonyl (C=O) groups excluding carboxylic acids is 1. The van der Waals surface area contributed by atoms with Crippen LogP contribution in [0.5, 0.6) is 0 Å². The van der Waals surface area contributed by atoms with Crippen molar-refractivity contribution in [1.82, 2.24) is 4.90 Å². The summed E-state index contributed by atoms with van der Waals surface area (Å²) in [6.07, 6.45) is 3.66. The molecule has 0 heterocycles. The molecule has 0 aromatic heterocycles. The van der Waals surface area contributed by atoms with Crippen molar-refractivity contribution < 1.29 is 4.79 Å². The summed E-state index contributed by atoms with van der Waals surface area (Å²) in [5.41, 5.74) is 0.690. The lowest BCUT2D eigenvalue weighted by atomic mass is 10.2. The molecule has 0 aliphatic rings. The van der Waals surface area contributed by atoms with Crippen LogP contribution in [-0.4, -0.2) is 24.4 Å². The van der Waals surface area contributed by atoms with E-state index in [1.807, 2.05) is 18.0 Å². The highest BCUT2D eigenvalue weighted by molar-refractivity contribution is 6.30. The van der Waals surface area contributed by atoms with Gasteiger partial charge in [-0.1, -0.05) is 24.9 Å². The van der Waals surface area contributed by atoms with Gasteiger partial charge in [0.2, 0.25) is 0 Å². The summed E-state index contributed by atoms with van der Waals surface area (Å²) in [5, 5.41) is 12.3. The van der Waals surface area contributed by atoms with E-state index in [0.717, 1.165) is 19.4 Å². The Morgan fingerprint density at radius 2 is 2.10 bits per heavy atom. The summed E-state index contributed by atoms with van der Waals surface area (Å²) < 4.78 is 0. The van der Waals surface area contributed by atoms with Crippen LogP contribution >= 0.6 is 11.6 Å². The third-order valence-electron chi connectivity index (χ3n) is 2.68. The van der Waals surface area contributed by atoms with Crippen LogP contribution in [0, 0.1) is 11.3 Å². The second-order valence-corrected chi connectivity index (χ2v) is 4.89. The van der Waals surface area contributed by atoms with Crippen LogP contribution in [0.1, 0.15) is 19.8 Å². The molecular formula is C15H18ClN3O. The van der Waals surface area contributed by atoms with E-state index in [9.17, 15) is 4.79 Å². The van der Waals surface area contributed by atoms with Crippen LogP contribution in [0.3, 0.4) is 0 Å². The summed E-state index contributed by atoms with van der Waals surface area (Å²) >= 11 is 5.77. The van der Waals surface area contributed by atoms with Gasteiger partial charge < -0.3 is 10.2 Å². The van der Waals surface area contributed by atoms with Crippen molar-refractivity contribution in [3.05, 3.63) is 41.1 Å². The number of amides is 1. The number of nitrogens with zero attached hydrogens (tertiary/aromatic N) is 2. The zero-order valence-corrected chi connectivity index (χ0v) is 12.4. The predicted molar refractivity (Wildman–Crippen MR) is 81.3 cm³/mol. The van der Waals surface area contributed by atoms with Gasteiger partial charge >= 0.3 is 0 Å². The number of hydrogen-bond donors (Lipinski definition) is 1. The van der Waals surface area contributed by atoms with Gasteiger partial charge in [-0.25, -0.2) is 0 Å². The second kappa shape index (κ2) is 8.23. The third-order valence-corrected chi connectivity index (χ3v) is 2.93. The summed E-state index contributed by atoms with van der Waals surface area (Å²) in [6, 6.07) is 8.66. The summed E-state index contributed by atoms with van der Waals surface area (Å²) in [5.74, 6) is -0.418. The Labute approximate surface area is 124 Å². The van der Waals surface area contributed by atoms with Gasteiger partial charge in [0, 0.05) is 30.5 Å². The predicted octanol–water partition coefficient (Wildman–Crippen LogP) is 3.42. The average Bonchev–Trinajstić information content (AvgIpc) is 2.44. The van der Waals surface area contributed by atoms with Crippen LogP contribution < -0.4 is 5.32 Å². The molecule has 0 radical (unpaired) electrons. The fourth-order valence-corrected chi connectivity index (χ4v) is 1.69. The first-order valence-electron chi connectivity index (χ1n) is 6.46. The fraction of sp³-hybridized carbons (Fsp3) is 0.333. The maximum atomic E-state index is 12.0. The summed E-state index contributed by atoms with van der Waals surface area (Å²) in [4.78, 5) is 13.8. The molecule has 1 N–H and O–H groups in total. The number of anilines is 1. The lowest BCUT2D eigenvalue weighted by Gasteiger charge is -2.14. The van der Waals surface area contributed by atoms with Gasteiger partial charge in [-0.3, -0.25) is 4.79 Å². The summed E-state index contributed by atoms with van der Waals surface area (Å²) in [6.45, 7) is 2.91. The van der Waals surface area contributed by atoms with Gasteiger partial charge in [-0.05, 0) is 30.7 Å². The monoisotopic (exact) mass is 291 g/mol. The first kappa shape index (κ1) is 16.1. The summed E-state index contributed by atoms with van der Waals surface area (Å²) in [7, 11) is 1.85. The molecule has 0 aliphatic carbocycles. The molecule has 0 spiro atoms. The Morgan fingerprint density at radius 3 is 2.65 bits per heavy atom. The maximum Gasteiger partial charge on any atom is 0.267 e. The minimum absolute atomic E-state index is 0.0820. The highest BCUT2D eigenvalue weighted by Crippen LogP contribution is 2.14. The maximum absolute atomic E-state index is 12.0. The van der Waals surface area contributed by atoms with E-state index in [1.54, 1.807) is 30.5 Å². The molecule has 1 rings (SSSR count). The first-order valence-corrected chi connectivity index (χ1v) is 6.83. The molecule has 0 bridgehead atoms. The molecule has 0 atom stereocenters. The van der Waals surface area contributed by atoms with Crippen molar-refractivity contribution >= 4 is 23.2 Å². The van der Waals surface area contributed by atoms with Gasteiger partial charge in [0.1, 0.15) is 11.6 Å². The molecule has 4 nitrogen and oxygen atoms in total. The van der Waals surface area contributed by atoms with Crippen LogP contribution in [0.4, 0.5) is 5.69 Å². The van der Waals surface area contributed by atoms with E-state index in [4.69, 9.17) is 16.9 Å². The standard InChI is InChI=1S/C15H18ClN3O/c1-3-4-9-19(2)11-12(10-17)15(20)18-14-7-5-13(16)6-8-14/h5-8,11H,3-4,9H2,1-2H3,(H,18,20)/b12-11-. The van der Waals surface area contributed by atoms with Crippen LogP contribution in [0.15, 0.2) is 36.0 Å². The minimum Gasteiger partial charge on any atom is -0.379 e. The number of hydrogen-bond acceptors (Lipinski definition) is 3. The molecule has 20 heavy (non-hydrogen) atoms. The van der Waals surface area contributed by atoms with Crippen molar-refractivity contribution in [1.29, 1.82) is 5.26 Å². The van der Waals surface area contributed by atoms with E-state index in [-0.39, 0.29) is 5.57 Å². The van der Waals surface area contributed by atoms with Crippen molar-refractivity contribution in [2.75, 3.05) is 18.9 Å². The molecule has 0 saturated carbocycles. The Hall–Kier alpha value is -1.99. The molecule has 5 heteroatoms. The van der Waals surface area contributed by atoms with Gasteiger partial charge in [-0.15, -0.1) is 0 Å². The molecule has 1 aromatic rings. The number of benzene rings is 1. The topological polar surface area (TPSA) is 56.1 Å². The molecule has 0 unspecified atom stereocenters. The van der Waals surface area contributed by atoms with Crippen LogP contribution in [0.2, 0.25) is 5.02 Å². The molecular weight excluding hydrogens is 274 g/mol. The zero-order chi connectivity index (χ0) is 15.0. The highest BCUT2D eigenvalue weighted by Gasteiger charge is 2.10.